The Labute approximate surface area is 161 Å². The second kappa shape index (κ2) is 11.6. The van der Waals surface area contributed by atoms with Gasteiger partial charge in [0.25, 0.3) is 0 Å². The molecule has 0 aliphatic heterocycles. The quantitative estimate of drug-likeness (QED) is 0.348. The van der Waals surface area contributed by atoms with E-state index in [-0.39, 0.29) is 41.2 Å². The summed E-state index contributed by atoms with van der Waals surface area (Å²) in [6, 6.07) is 5.42. The number of hydrogen-bond acceptors (Lipinski definition) is 3. The van der Waals surface area contributed by atoms with Gasteiger partial charge in [-0.1, -0.05) is 26.0 Å². The van der Waals surface area contributed by atoms with E-state index >= 15 is 0 Å². The zero-order valence-corrected chi connectivity index (χ0v) is 17.5. The van der Waals surface area contributed by atoms with Crippen molar-refractivity contribution in [1.82, 2.24) is 10.6 Å². The average molecular weight is 471 g/mol. The van der Waals surface area contributed by atoms with Crippen molar-refractivity contribution in [2.24, 2.45) is 10.9 Å². The van der Waals surface area contributed by atoms with E-state index < -0.39 is 15.7 Å². The van der Waals surface area contributed by atoms with Crippen molar-refractivity contribution in [2.45, 2.75) is 32.1 Å². The predicted octanol–water partition coefficient (Wildman–Crippen LogP) is 2.82. The topological polar surface area (TPSA) is 70.6 Å². The van der Waals surface area contributed by atoms with E-state index in [1.807, 2.05) is 6.92 Å². The first-order valence-electron chi connectivity index (χ1n) is 7.86. The molecule has 0 aliphatic carbocycles. The highest BCUT2D eigenvalue weighted by molar-refractivity contribution is 14.0. The van der Waals surface area contributed by atoms with Crippen LogP contribution in [-0.2, 0) is 9.84 Å². The summed E-state index contributed by atoms with van der Waals surface area (Å²) in [4.78, 5) is 4.13. The first kappa shape index (κ1) is 23.1. The first-order chi connectivity index (χ1) is 10.9. The molecule has 0 aliphatic rings. The lowest BCUT2D eigenvalue weighted by atomic mass is 10.1. The third-order valence-electron chi connectivity index (χ3n) is 3.16. The van der Waals surface area contributed by atoms with E-state index in [4.69, 9.17) is 0 Å². The molecule has 0 aromatic heterocycles. The van der Waals surface area contributed by atoms with Gasteiger partial charge in [-0.05, 0) is 31.4 Å². The van der Waals surface area contributed by atoms with Gasteiger partial charge in [0.15, 0.2) is 15.8 Å². The Morgan fingerprint density at radius 3 is 2.50 bits per heavy atom. The van der Waals surface area contributed by atoms with E-state index in [9.17, 15) is 12.8 Å². The van der Waals surface area contributed by atoms with Crippen molar-refractivity contribution >= 4 is 39.8 Å². The third-order valence-corrected chi connectivity index (χ3v) is 4.90. The molecule has 0 spiro atoms. The maximum absolute atomic E-state index is 13.6. The molecule has 1 aromatic carbocycles. The molecule has 0 saturated heterocycles. The predicted molar refractivity (Wildman–Crippen MR) is 107 cm³/mol. The Hall–Kier alpha value is -0.900. The Kier molecular flexibility index (Phi) is 11.2. The molecule has 1 aromatic rings. The molecule has 0 heterocycles. The average Bonchev–Trinajstić information content (AvgIpc) is 2.47. The SMILES string of the molecule is CCNC(=NCCC(C)C)NCCS(=O)(=O)c1ccccc1F.I. The second-order valence-electron chi connectivity index (χ2n) is 5.62. The van der Waals surface area contributed by atoms with Crippen molar-refractivity contribution in [2.75, 3.05) is 25.4 Å². The summed E-state index contributed by atoms with van der Waals surface area (Å²) in [6.07, 6.45) is 0.962. The lowest BCUT2D eigenvalue weighted by molar-refractivity contribution is 0.566. The minimum Gasteiger partial charge on any atom is -0.357 e. The lowest BCUT2D eigenvalue weighted by Gasteiger charge is -2.12. The van der Waals surface area contributed by atoms with Gasteiger partial charge in [0, 0.05) is 19.6 Å². The molecule has 24 heavy (non-hydrogen) atoms. The van der Waals surface area contributed by atoms with E-state index in [0.717, 1.165) is 12.5 Å². The Balaban J connectivity index is 0.00000529. The highest BCUT2D eigenvalue weighted by atomic mass is 127. The fourth-order valence-electron chi connectivity index (χ4n) is 1.89. The lowest BCUT2D eigenvalue weighted by Crippen LogP contribution is -2.39. The smallest absolute Gasteiger partial charge is 0.191 e. The molecule has 0 atom stereocenters. The van der Waals surface area contributed by atoms with E-state index in [1.165, 1.54) is 18.2 Å². The molecule has 0 radical (unpaired) electrons. The summed E-state index contributed by atoms with van der Waals surface area (Å²) in [5.41, 5.74) is 0. The third kappa shape index (κ3) is 8.27. The van der Waals surface area contributed by atoms with Gasteiger partial charge < -0.3 is 10.6 Å². The van der Waals surface area contributed by atoms with Gasteiger partial charge in [0.1, 0.15) is 10.7 Å². The highest BCUT2D eigenvalue weighted by Crippen LogP contribution is 2.14. The van der Waals surface area contributed by atoms with Crippen LogP contribution in [0.2, 0.25) is 0 Å². The number of benzene rings is 1. The highest BCUT2D eigenvalue weighted by Gasteiger charge is 2.18. The van der Waals surface area contributed by atoms with Gasteiger partial charge in [0.05, 0.1) is 5.75 Å². The molecule has 0 fully saturated rings. The van der Waals surface area contributed by atoms with E-state index in [0.29, 0.717) is 25.0 Å². The Morgan fingerprint density at radius 2 is 1.92 bits per heavy atom. The van der Waals surface area contributed by atoms with E-state index in [1.54, 1.807) is 0 Å². The summed E-state index contributed by atoms with van der Waals surface area (Å²) < 4.78 is 37.9. The Morgan fingerprint density at radius 1 is 1.25 bits per heavy atom. The van der Waals surface area contributed by atoms with Crippen molar-refractivity contribution in [3.05, 3.63) is 30.1 Å². The number of nitrogens with one attached hydrogen (secondary N) is 2. The first-order valence-corrected chi connectivity index (χ1v) is 9.51. The van der Waals surface area contributed by atoms with Crippen LogP contribution in [0, 0.1) is 11.7 Å². The Bertz CT molecular complexity index is 622. The minimum absolute atomic E-state index is 0. The van der Waals surface area contributed by atoms with Crippen LogP contribution in [0.25, 0.3) is 0 Å². The van der Waals surface area contributed by atoms with Gasteiger partial charge in [-0.15, -0.1) is 24.0 Å². The molecule has 0 saturated carbocycles. The van der Waals surface area contributed by atoms with Crippen LogP contribution in [0.5, 0.6) is 0 Å². The number of guanidine groups is 1. The fourth-order valence-corrected chi connectivity index (χ4v) is 3.13. The monoisotopic (exact) mass is 471 g/mol. The summed E-state index contributed by atoms with van der Waals surface area (Å²) in [7, 11) is -3.66. The molecule has 1 rings (SSSR count). The summed E-state index contributed by atoms with van der Waals surface area (Å²) >= 11 is 0. The molecule has 138 valence electrons. The number of sulfone groups is 1. The number of hydrogen-bond donors (Lipinski definition) is 2. The standard InChI is InChI=1S/C16H26FN3O2S.HI/c1-4-18-16(19-10-9-13(2)3)20-11-12-23(21,22)15-8-6-5-7-14(15)17;/h5-8,13H,4,9-12H2,1-3H3,(H2,18,19,20);1H. The molecule has 0 amide bonds. The van der Waals surface area contributed by atoms with Crippen molar-refractivity contribution in [3.63, 3.8) is 0 Å². The van der Waals surface area contributed by atoms with Gasteiger partial charge in [-0.25, -0.2) is 12.8 Å². The molecule has 5 nitrogen and oxygen atoms in total. The van der Waals surface area contributed by atoms with Gasteiger partial charge in [-0.2, -0.15) is 0 Å². The number of aliphatic imine (C=N–C) groups is 1. The molecular formula is C16H27FIN3O2S. The van der Waals surface area contributed by atoms with Crippen molar-refractivity contribution in [1.29, 1.82) is 0 Å². The summed E-state index contributed by atoms with van der Waals surface area (Å²) in [6.45, 7) is 7.72. The zero-order valence-electron chi connectivity index (χ0n) is 14.4. The second-order valence-corrected chi connectivity index (χ2v) is 7.70. The minimum atomic E-state index is -3.66. The number of rotatable bonds is 8. The van der Waals surface area contributed by atoms with E-state index in [2.05, 4.69) is 29.5 Å². The largest absolute Gasteiger partial charge is 0.357 e. The molecule has 8 heteroatoms. The van der Waals surface area contributed by atoms with Crippen LogP contribution in [-0.4, -0.2) is 39.8 Å². The van der Waals surface area contributed by atoms with Crippen LogP contribution < -0.4 is 10.6 Å². The molecular weight excluding hydrogens is 444 g/mol. The van der Waals surface area contributed by atoms with Crippen LogP contribution in [0.1, 0.15) is 27.2 Å². The van der Waals surface area contributed by atoms with Crippen LogP contribution in [0.15, 0.2) is 34.2 Å². The van der Waals surface area contributed by atoms with Crippen LogP contribution in [0.3, 0.4) is 0 Å². The van der Waals surface area contributed by atoms with Gasteiger partial charge in [0.2, 0.25) is 0 Å². The summed E-state index contributed by atoms with van der Waals surface area (Å²) in [5.74, 6) is 0.229. The van der Waals surface area contributed by atoms with Crippen LogP contribution in [0.4, 0.5) is 4.39 Å². The normalized spacial score (nSPS) is 12.0. The number of nitrogens with zero attached hydrogens (tertiary/aromatic N) is 1. The van der Waals surface area contributed by atoms with Crippen LogP contribution >= 0.6 is 24.0 Å². The maximum atomic E-state index is 13.6. The fraction of sp³-hybridized carbons (Fsp3) is 0.562. The molecule has 0 unspecified atom stereocenters. The zero-order chi connectivity index (χ0) is 17.3. The van der Waals surface area contributed by atoms with Crippen molar-refractivity contribution in [3.8, 4) is 0 Å². The molecule has 0 bridgehead atoms. The summed E-state index contributed by atoms with van der Waals surface area (Å²) in [5, 5.41) is 6.04. The number of halogens is 2. The van der Waals surface area contributed by atoms with Gasteiger partial charge >= 0.3 is 0 Å². The molecule has 2 N–H and O–H groups in total. The van der Waals surface area contributed by atoms with Gasteiger partial charge in [-0.3, -0.25) is 4.99 Å². The maximum Gasteiger partial charge on any atom is 0.191 e. The van der Waals surface area contributed by atoms with Crippen molar-refractivity contribution < 1.29 is 12.8 Å².